The predicted molar refractivity (Wildman–Crippen MR) is 93.6 cm³/mol. The molecule has 1 N–H and O–H groups in total. The summed E-state index contributed by atoms with van der Waals surface area (Å²) in [7, 11) is 0. The number of carbonyl (C=O) groups excluding carboxylic acids is 2. The number of nitrogens with zero attached hydrogens (tertiary/aromatic N) is 2. The zero-order valence-corrected chi connectivity index (χ0v) is 14.0. The lowest BCUT2D eigenvalue weighted by Gasteiger charge is -2.34. The van der Waals surface area contributed by atoms with Gasteiger partial charge in [-0.25, -0.2) is 0 Å². The van der Waals surface area contributed by atoms with E-state index in [4.69, 9.17) is 4.42 Å². The van der Waals surface area contributed by atoms with Crippen LogP contribution in [-0.2, 0) is 0 Å². The number of carbonyl (C=O) groups is 2. The molecule has 0 atom stereocenters. The quantitative estimate of drug-likeness (QED) is 0.781. The molecule has 6 nitrogen and oxygen atoms in total. The molecule has 0 bridgehead atoms. The molecule has 0 aliphatic carbocycles. The molecule has 6 heteroatoms. The Morgan fingerprint density at radius 1 is 0.960 bits per heavy atom. The van der Waals surface area contributed by atoms with Crippen LogP contribution in [0.15, 0.2) is 47.1 Å². The summed E-state index contributed by atoms with van der Waals surface area (Å²) in [5.41, 5.74) is 2.57. The lowest BCUT2D eigenvalue weighted by molar-refractivity contribution is 0.0515. The van der Waals surface area contributed by atoms with Crippen molar-refractivity contribution in [2.75, 3.05) is 26.2 Å². The molecule has 1 aliphatic heterocycles. The van der Waals surface area contributed by atoms with Crippen LogP contribution in [-0.4, -0.2) is 52.8 Å². The maximum Gasteiger partial charge on any atom is 0.289 e. The summed E-state index contributed by atoms with van der Waals surface area (Å²) in [5.74, 6) is 0.198. The number of fused-ring (bicyclic) bond motifs is 1. The van der Waals surface area contributed by atoms with Gasteiger partial charge in [0.15, 0.2) is 5.76 Å². The second-order valence-corrected chi connectivity index (χ2v) is 6.23. The van der Waals surface area contributed by atoms with Gasteiger partial charge in [0.25, 0.3) is 11.8 Å². The first-order chi connectivity index (χ1) is 12.1. The molecule has 1 saturated heterocycles. The number of H-pyrrole nitrogens is 1. The van der Waals surface area contributed by atoms with E-state index in [2.05, 4.69) is 4.98 Å². The normalized spacial score (nSPS) is 14.9. The van der Waals surface area contributed by atoms with Gasteiger partial charge in [0.2, 0.25) is 0 Å². The average Bonchev–Trinajstić information content (AvgIpc) is 3.30. The number of hydrogen-bond donors (Lipinski definition) is 1. The number of furan rings is 1. The molecule has 1 fully saturated rings. The second-order valence-electron chi connectivity index (χ2n) is 6.23. The van der Waals surface area contributed by atoms with Gasteiger partial charge in [0.05, 0.1) is 6.26 Å². The van der Waals surface area contributed by atoms with Crippen LogP contribution in [0.2, 0.25) is 0 Å². The largest absolute Gasteiger partial charge is 0.459 e. The molecule has 2 aromatic heterocycles. The van der Waals surface area contributed by atoms with Crippen LogP contribution in [0.1, 0.15) is 26.6 Å². The smallest absolute Gasteiger partial charge is 0.289 e. The van der Waals surface area contributed by atoms with Crippen molar-refractivity contribution in [1.82, 2.24) is 14.8 Å². The number of aryl methyl sites for hydroxylation is 1. The average molecular weight is 337 g/mol. The molecule has 1 aromatic carbocycles. The van der Waals surface area contributed by atoms with Crippen LogP contribution in [0.5, 0.6) is 0 Å². The Morgan fingerprint density at radius 3 is 2.28 bits per heavy atom. The highest BCUT2D eigenvalue weighted by Gasteiger charge is 2.28. The lowest BCUT2D eigenvalue weighted by Crippen LogP contribution is -2.50. The minimum absolute atomic E-state index is 0.0150. The fourth-order valence-electron chi connectivity index (χ4n) is 3.32. The number of aromatic nitrogens is 1. The number of amides is 2. The van der Waals surface area contributed by atoms with E-state index >= 15 is 0 Å². The van der Waals surface area contributed by atoms with Crippen LogP contribution in [0.3, 0.4) is 0 Å². The van der Waals surface area contributed by atoms with Crippen molar-refractivity contribution >= 4 is 22.7 Å². The zero-order chi connectivity index (χ0) is 17.4. The van der Waals surface area contributed by atoms with Gasteiger partial charge in [-0.1, -0.05) is 18.2 Å². The summed E-state index contributed by atoms with van der Waals surface area (Å²) < 4.78 is 5.16. The van der Waals surface area contributed by atoms with E-state index in [1.807, 2.05) is 31.2 Å². The number of piperazine rings is 1. The van der Waals surface area contributed by atoms with Gasteiger partial charge in [0, 0.05) is 37.1 Å². The highest BCUT2D eigenvalue weighted by molar-refractivity contribution is 6.01. The molecule has 0 radical (unpaired) electrons. The monoisotopic (exact) mass is 337 g/mol. The predicted octanol–water partition coefficient (Wildman–Crippen LogP) is 2.67. The highest BCUT2D eigenvalue weighted by atomic mass is 16.3. The maximum atomic E-state index is 12.9. The van der Waals surface area contributed by atoms with Crippen LogP contribution < -0.4 is 0 Å². The van der Waals surface area contributed by atoms with Crippen molar-refractivity contribution in [1.29, 1.82) is 0 Å². The topological polar surface area (TPSA) is 69.6 Å². The van der Waals surface area contributed by atoms with Crippen molar-refractivity contribution < 1.29 is 14.0 Å². The van der Waals surface area contributed by atoms with Gasteiger partial charge in [0.1, 0.15) is 5.69 Å². The van der Waals surface area contributed by atoms with E-state index in [9.17, 15) is 9.59 Å². The second kappa shape index (κ2) is 6.12. The Bertz CT molecular complexity index is 919. The van der Waals surface area contributed by atoms with Gasteiger partial charge in [-0.3, -0.25) is 9.59 Å². The Labute approximate surface area is 145 Å². The summed E-state index contributed by atoms with van der Waals surface area (Å²) in [6.07, 6.45) is 1.49. The number of para-hydroxylation sites is 1. The summed E-state index contributed by atoms with van der Waals surface area (Å²) >= 11 is 0. The van der Waals surface area contributed by atoms with Crippen molar-refractivity contribution in [2.45, 2.75) is 6.92 Å². The number of hydrogen-bond acceptors (Lipinski definition) is 3. The standard InChI is InChI=1S/C19H19N3O3/c1-13-14-5-2-3-6-15(14)20-17(13)19(24)22-10-8-21(9-11-22)18(23)16-7-4-12-25-16/h2-7,12,20H,8-11H2,1H3. The Kier molecular flexibility index (Phi) is 3.80. The Hall–Kier alpha value is -3.02. The highest BCUT2D eigenvalue weighted by Crippen LogP contribution is 2.23. The van der Waals surface area contributed by atoms with Crippen LogP contribution in [0.4, 0.5) is 0 Å². The fraction of sp³-hybridized carbons (Fsp3) is 0.263. The first kappa shape index (κ1) is 15.5. The number of benzene rings is 1. The summed E-state index contributed by atoms with van der Waals surface area (Å²) in [6.45, 7) is 4.00. The molecular formula is C19H19N3O3. The Balaban J connectivity index is 1.47. The molecule has 4 rings (SSSR count). The van der Waals surface area contributed by atoms with E-state index in [1.165, 1.54) is 6.26 Å². The van der Waals surface area contributed by atoms with Crippen LogP contribution in [0, 0.1) is 6.92 Å². The first-order valence-corrected chi connectivity index (χ1v) is 8.34. The summed E-state index contributed by atoms with van der Waals surface area (Å²) in [6, 6.07) is 11.3. The maximum absolute atomic E-state index is 12.9. The molecule has 128 valence electrons. The van der Waals surface area contributed by atoms with E-state index < -0.39 is 0 Å². The van der Waals surface area contributed by atoms with E-state index in [1.54, 1.807) is 21.9 Å². The van der Waals surface area contributed by atoms with Gasteiger partial charge >= 0.3 is 0 Å². The number of aromatic amines is 1. The molecule has 2 amide bonds. The SMILES string of the molecule is Cc1c(C(=O)N2CCN(C(=O)c3ccco3)CC2)[nH]c2ccccc12. The van der Waals surface area contributed by atoms with Crippen LogP contribution >= 0.6 is 0 Å². The third-order valence-electron chi connectivity index (χ3n) is 4.77. The van der Waals surface area contributed by atoms with E-state index in [0.717, 1.165) is 16.5 Å². The summed E-state index contributed by atoms with van der Waals surface area (Å²) in [4.78, 5) is 31.9. The van der Waals surface area contributed by atoms with Gasteiger partial charge in [-0.05, 0) is 30.7 Å². The molecule has 1 aliphatic rings. The van der Waals surface area contributed by atoms with Crippen molar-refractivity contribution in [2.24, 2.45) is 0 Å². The first-order valence-electron chi connectivity index (χ1n) is 8.34. The van der Waals surface area contributed by atoms with Crippen molar-refractivity contribution in [3.05, 3.63) is 59.7 Å². The third kappa shape index (κ3) is 2.69. The van der Waals surface area contributed by atoms with E-state index in [-0.39, 0.29) is 11.8 Å². The van der Waals surface area contributed by atoms with Gasteiger partial charge < -0.3 is 19.2 Å². The molecule has 3 heterocycles. The minimum Gasteiger partial charge on any atom is -0.459 e. The zero-order valence-electron chi connectivity index (χ0n) is 14.0. The van der Waals surface area contributed by atoms with Gasteiger partial charge in [-0.15, -0.1) is 0 Å². The molecule has 0 spiro atoms. The van der Waals surface area contributed by atoms with Crippen molar-refractivity contribution in [3.63, 3.8) is 0 Å². The van der Waals surface area contributed by atoms with Gasteiger partial charge in [-0.2, -0.15) is 0 Å². The van der Waals surface area contributed by atoms with Crippen LogP contribution in [0.25, 0.3) is 10.9 Å². The van der Waals surface area contributed by atoms with E-state index in [0.29, 0.717) is 37.6 Å². The summed E-state index contributed by atoms with van der Waals surface area (Å²) in [5, 5.41) is 1.07. The minimum atomic E-state index is -0.126. The fourth-order valence-corrected chi connectivity index (χ4v) is 3.32. The molecule has 0 unspecified atom stereocenters. The molecule has 0 saturated carbocycles. The lowest BCUT2D eigenvalue weighted by atomic mass is 10.1. The van der Waals surface area contributed by atoms with Crippen molar-refractivity contribution in [3.8, 4) is 0 Å². The Morgan fingerprint density at radius 2 is 1.64 bits per heavy atom. The number of nitrogens with one attached hydrogen (secondary N) is 1. The molecule has 25 heavy (non-hydrogen) atoms. The molecular weight excluding hydrogens is 318 g/mol. The molecule has 3 aromatic rings. The third-order valence-corrected chi connectivity index (χ3v) is 4.77. The number of rotatable bonds is 2.